The summed E-state index contributed by atoms with van der Waals surface area (Å²) in [6.07, 6.45) is 6.17. The normalized spacial score (nSPS) is 15.3. The average Bonchev–Trinajstić information content (AvgIpc) is 2.62. The van der Waals surface area contributed by atoms with Gasteiger partial charge in [-0.15, -0.1) is 0 Å². The van der Waals surface area contributed by atoms with Gasteiger partial charge in [0.05, 0.1) is 7.11 Å². The van der Waals surface area contributed by atoms with Gasteiger partial charge in [-0.1, -0.05) is 76.9 Å². The number of methoxy groups -OCH3 is 1. The molecule has 146 valence electrons. The van der Waals surface area contributed by atoms with Crippen LogP contribution in [0.4, 0.5) is 0 Å². The molecule has 1 aliphatic carbocycles. The second-order valence-electron chi connectivity index (χ2n) is 7.55. The van der Waals surface area contributed by atoms with E-state index in [1.165, 1.54) is 41.5 Å². The minimum absolute atomic E-state index is 0.767. The summed E-state index contributed by atoms with van der Waals surface area (Å²) in [6.45, 7) is 14.7. The number of aryl methyl sites for hydroxylation is 3. The van der Waals surface area contributed by atoms with E-state index in [0.717, 1.165) is 11.7 Å². The van der Waals surface area contributed by atoms with Crippen LogP contribution < -0.4 is 4.74 Å². The fourth-order valence-electron chi connectivity index (χ4n) is 3.17. The van der Waals surface area contributed by atoms with E-state index in [4.69, 9.17) is 4.74 Å². The summed E-state index contributed by atoms with van der Waals surface area (Å²) >= 11 is 0. The molecular formula is C26H36O. The number of hydrogen-bond acceptors (Lipinski definition) is 1. The maximum absolute atomic E-state index is 4.91. The van der Waals surface area contributed by atoms with E-state index in [-0.39, 0.29) is 0 Å². The predicted molar refractivity (Wildman–Crippen MR) is 120 cm³/mol. The van der Waals surface area contributed by atoms with Crippen molar-refractivity contribution in [3.05, 3.63) is 89.0 Å². The van der Waals surface area contributed by atoms with E-state index in [1.807, 2.05) is 30.3 Å². The van der Waals surface area contributed by atoms with E-state index in [2.05, 4.69) is 65.5 Å². The minimum atomic E-state index is 0.767. The third-order valence-corrected chi connectivity index (χ3v) is 4.68. The van der Waals surface area contributed by atoms with Gasteiger partial charge in [-0.3, -0.25) is 0 Å². The molecule has 0 N–H and O–H groups in total. The predicted octanol–water partition coefficient (Wildman–Crippen LogP) is 7.62. The molecule has 0 aliphatic heterocycles. The third-order valence-electron chi connectivity index (χ3n) is 4.68. The second kappa shape index (κ2) is 12.2. The summed E-state index contributed by atoms with van der Waals surface area (Å²) in [5.41, 5.74) is 6.97. The molecule has 0 amide bonds. The van der Waals surface area contributed by atoms with Crippen LogP contribution in [-0.2, 0) is 0 Å². The summed E-state index contributed by atoms with van der Waals surface area (Å²) in [5, 5.41) is 0. The van der Waals surface area contributed by atoms with Gasteiger partial charge in [-0.05, 0) is 71.9 Å². The molecule has 2 aromatic carbocycles. The molecule has 1 atom stereocenters. The van der Waals surface area contributed by atoms with Crippen LogP contribution in [0.1, 0.15) is 49.8 Å². The zero-order valence-electron chi connectivity index (χ0n) is 18.0. The van der Waals surface area contributed by atoms with Crippen molar-refractivity contribution in [2.45, 2.75) is 53.9 Å². The highest BCUT2D eigenvalue weighted by atomic mass is 16.5. The van der Waals surface area contributed by atoms with Crippen molar-refractivity contribution in [3.8, 4) is 5.75 Å². The fourth-order valence-corrected chi connectivity index (χ4v) is 3.17. The number of para-hydroxylation sites is 1. The van der Waals surface area contributed by atoms with Crippen LogP contribution >= 0.6 is 0 Å². The lowest BCUT2D eigenvalue weighted by atomic mass is 9.86. The van der Waals surface area contributed by atoms with Gasteiger partial charge in [0.2, 0.25) is 0 Å². The smallest absolute Gasteiger partial charge is 0.118 e. The summed E-state index contributed by atoms with van der Waals surface area (Å²) in [7, 11) is 1.66. The van der Waals surface area contributed by atoms with Crippen molar-refractivity contribution in [2.75, 3.05) is 7.11 Å². The first-order chi connectivity index (χ1) is 12.8. The van der Waals surface area contributed by atoms with Gasteiger partial charge in [0.15, 0.2) is 0 Å². The Morgan fingerprint density at radius 1 is 0.926 bits per heavy atom. The molecule has 1 nitrogen and oxygen atoms in total. The molecule has 0 heterocycles. The van der Waals surface area contributed by atoms with Crippen LogP contribution in [0.2, 0.25) is 0 Å². The van der Waals surface area contributed by atoms with Crippen LogP contribution in [0.3, 0.4) is 0 Å². The van der Waals surface area contributed by atoms with Gasteiger partial charge < -0.3 is 4.74 Å². The molecule has 0 fully saturated rings. The zero-order chi connectivity index (χ0) is 20.2. The van der Waals surface area contributed by atoms with E-state index < -0.39 is 0 Å². The molecule has 1 heteroatoms. The Bertz CT molecular complexity index is 675. The van der Waals surface area contributed by atoms with Crippen molar-refractivity contribution in [2.24, 2.45) is 5.92 Å². The van der Waals surface area contributed by atoms with Crippen molar-refractivity contribution < 1.29 is 4.74 Å². The van der Waals surface area contributed by atoms with Gasteiger partial charge in [0.1, 0.15) is 5.75 Å². The van der Waals surface area contributed by atoms with Crippen molar-refractivity contribution in [3.63, 3.8) is 0 Å². The SMILES string of the molecule is C=C(C)C1CC=C(C)CC1.COc1ccccc1.Cc1cc(C)cc(C)c1. The Labute approximate surface area is 166 Å². The molecular weight excluding hydrogens is 328 g/mol. The van der Waals surface area contributed by atoms with Crippen LogP contribution in [-0.4, -0.2) is 7.11 Å². The second-order valence-corrected chi connectivity index (χ2v) is 7.55. The highest BCUT2D eigenvalue weighted by molar-refractivity contribution is 5.27. The maximum atomic E-state index is 4.91. The van der Waals surface area contributed by atoms with E-state index in [0.29, 0.717) is 0 Å². The summed E-state index contributed by atoms with van der Waals surface area (Å²) in [5.74, 6) is 1.68. The first-order valence-corrected chi connectivity index (χ1v) is 9.76. The molecule has 0 saturated carbocycles. The Morgan fingerprint density at radius 3 is 1.78 bits per heavy atom. The lowest BCUT2D eigenvalue weighted by Gasteiger charge is -2.19. The van der Waals surface area contributed by atoms with Gasteiger partial charge in [-0.2, -0.15) is 0 Å². The minimum Gasteiger partial charge on any atom is -0.497 e. The fraction of sp³-hybridized carbons (Fsp3) is 0.385. The Hall–Kier alpha value is -2.28. The molecule has 0 saturated heterocycles. The molecule has 1 unspecified atom stereocenters. The van der Waals surface area contributed by atoms with Gasteiger partial charge in [0, 0.05) is 0 Å². The summed E-state index contributed by atoms with van der Waals surface area (Å²) in [6, 6.07) is 16.2. The van der Waals surface area contributed by atoms with Gasteiger partial charge in [0.25, 0.3) is 0 Å². The van der Waals surface area contributed by atoms with Crippen molar-refractivity contribution in [1.82, 2.24) is 0 Å². The van der Waals surface area contributed by atoms with Crippen molar-refractivity contribution >= 4 is 0 Å². The first kappa shape index (κ1) is 22.8. The molecule has 0 spiro atoms. The summed E-state index contributed by atoms with van der Waals surface area (Å²) in [4.78, 5) is 0. The van der Waals surface area contributed by atoms with E-state index in [9.17, 15) is 0 Å². The van der Waals surface area contributed by atoms with Crippen molar-refractivity contribution in [1.29, 1.82) is 0 Å². The molecule has 0 aromatic heterocycles. The van der Waals surface area contributed by atoms with Crippen LogP contribution in [0.15, 0.2) is 72.3 Å². The Kier molecular flexibility index (Phi) is 10.3. The Morgan fingerprint density at radius 2 is 1.44 bits per heavy atom. The number of allylic oxidation sites excluding steroid dienone is 3. The van der Waals surface area contributed by atoms with Crippen LogP contribution in [0.25, 0.3) is 0 Å². The molecule has 3 rings (SSSR count). The molecule has 1 aliphatic rings. The van der Waals surface area contributed by atoms with E-state index in [1.54, 1.807) is 12.7 Å². The highest BCUT2D eigenvalue weighted by Crippen LogP contribution is 2.27. The molecule has 0 radical (unpaired) electrons. The first-order valence-electron chi connectivity index (χ1n) is 9.76. The number of ether oxygens (including phenoxy) is 1. The number of benzene rings is 2. The lowest BCUT2D eigenvalue weighted by Crippen LogP contribution is -2.04. The quantitative estimate of drug-likeness (QED) is 0.498. The molecule has 2 aromatic rings. The van der Waals surface area contributed by atoms with Gasteiger partial charge >= 0.3 is 0 Å². The third kappa shape index (κ3) is 9.84. The van der Waals surface area contributed by atoms with Gasteiger partial charge in [-0.25, -0.2) is 0 Å². The monoisotopic (exact) mass is 364 g/mol. The average molecular weight is 365 g/mol. The standard InChI is InChI=1S/C10H16.C9H12.C7H8O/c1-8(2)10-6-4-9(3)5-7-10;1-7-4-8(2)6-9(3)5-7;1-8-7-5-3-2-4-6-7/h4,10H,1,5-7H2,2-3H3;4-6H,1-3H3;2-6H,1H3. The van der Waals surface area contributed by atoms with Crippen LogP contribution in [0.5, 0.6) is 5.75 Å². The Balaban J connectivity index is 0.000000204. The topological polar surface area (TPSA) is 9.23 Å². The molecule has 27 heavy (non-hydrogen) atoms. The summed E-state index contributed by atoms with van der Waals surface area (Å²) < 4.78 is 4.91. The molecule has 0 bridgehead atoms. The highest BCUT2D eigenvalue weighted by Gasteiger charge is 2.11. The zero-order valence-corrected chi connectivity index (χ0v) is 18.0. The maximum Gasteiger partial charge on any atom is 0.118 e. The van der Waals surface area contributed by atoms with Crippen LogP contribution in [0, 0.1) is 26.7 Å². The van der Waals surface area contributed by atoms with E-state index >= 15 is 0 Å². The number of hydrogen-bond donors (Lipinski definition) is 0. The lowest BCUT2D eigenvalue weighted by molar-refractivity contribution is 0.415. The largest absolute Gasteiger partial charge is 0.497 e. The number of rotatable bonds is 2.